The van der Waals surface area contributed by atoms with Gasteiger partial charge in [-0.15, -0.1) is 0 Å². The number of carbonyl (C=O) groups is 2. The number of carboxylic acids is 1. The molecule has 0 aliphatic heterocycles. The molecule has 0 spiro atoms. The first-order chi connectivity index (χ1) is 7.41. The molecule has 4 N–H and O–H groups in total. The van der Waals surface area contributed by atoms with Crippen molar-refractivity contribution in [2.24, 2.45) is 17.6 Å². The number of aliphatic carboxylic acids is 1. The van der Waals surface area contributed by atoms with Crippen LogP contribution in [0.15, 0.2) is 12.2 Å². The van der Waals surface area contributed by atoms with Gasteiger partial charge in [0.25, 0.3) is 0 Å². The van der Waals surface area contributed by atoms with Crippen LogP contribution in [0.3, 0.4) is 0 Å². The van der Waals surface area contributed by atoms with Crippen LogP contribution in [0.5, 0.6) is 0 Å². The summed E-state index contributed by atoms with van der Waals surface area (Å²) in [5.74, 6) is -1.74. The van der Waals surface area contributed by atoms with Crippen LogP contribution in [0, 0.1) is 11.8 Å². The number of nitrogens with two attached hydrogens (primary N) is 1. The Bertz CT molecular complexity index is 312. The van der Waals surface area contributed by atoms with E-state index in [0.717, 1.165) is 0 Å². The van der Waals surface area contributed by atoms with Crippen LogP contribution in [0.1, 0.15) is 20.3 Å². The van der Waals surface area contributed by atoms with Gasteiger partial charge in [0.15, 0.2) is 0 Å². The highest BCUT2D eigenvalue weighted by Crippen LogP contribution is 2.18. The molecule has 0 aromatic heterocycles. The van der Waals surface area contributed by atoms with Gasteiger partial charge in [-0.25, -0.2) is 0 Å². The number of carbonyl (C=O) groups excluding carboxylic acids is 1. The maximum atomic E-state index is 11.6. The van der Waals surface area contributed by atoms with Gasteiger partial charge in [-0.05, 0) is 13.3 Å². The Morgan fingerprint density at radius 1 is 1.44 bits per heavy atom. The fraction of sp³-hybridized carbons (Fsp3) is 0.636. The summed E-state index contributed by atoms with van der Waals surface area (Å²) in [6.07, 6.45) is 3.77. The van der Waals surface area contributed by atoms with Crippen molar-refractivity contribution in [1.29, 1.82) is 0 Å². The number of rotatable bonds is 4. The van der Waals surface area contributed by atoms with Gasteiger partial charge in [-0.3, -0.25) is 9.59 Å². The summed E-state index contributed by atoms with van der Waals surface area (Å²) in [6.45, 7) is 3.53. The van der Waals surface area contributed by atoms with E-state index in [4.69, 9.17) is 10.8 Å². The van der Waals surface area contributed by atoms with E-state index in [9.17, 15) is 9.59 Å². The minimum atomic E-state index is -0.853. The Hall–Kier alpha value is -1.36. The molecule has 1 rings (SSSR count). The van der Waals surface area contributed by atoms with Gasteiger partial charge in [-0.1, -0.05) is 19.1 Å². The summed E-state index contributed by atoms with van der Waals surface area (Å²) in [4.78, 5) is 22.3. The molecular weight excluding hydrogens is 208 g/mol. The summed E-state index contributed by atoms with van der Waals surface area (Å²) >= 11 is 0. The van der Waals surface area contributed by atoms with Crippen molar-refractivity contribution in [3.63, 3.8) is 0 Å². The van der Waals surface area contributed by atoms with E-state index < -0.39 is 11.9 Å². The summed E-state index contributed by atoms with van der Waals surface area (Å²) in [6, 6.07) is -0.393. The minimum absolute atomic E-state index is 0.129. The molecule has 0 aromatic carbocycles. The van der Waals surface area contributed by atoms with E-state index in [0.29, 0.717) is 6.42 Å². The molecule has 90 valence electrons. The van der Waals surface area contributed by atoms with Crippen LogP contribution in [0.25, 0.3) is 0 Å². The van der Waals surface area contributed by atoms with Crippen molar-refractivity contribution in [2.75, 3.05) is 0 Å². The Morgan fingerprint density at radius 2 is 2.06 bits per heavy atom. The average molecular weight is 226 g/mol. The maximum Gasteiger partial charge on any atom is 0.310 e. The number of carboxylic acid groups (broad SMARTS) is 1. The highest BCUT2D eigenvalue weighted by atomic mass is 16.4. The third kappa shape index (κ3) is 3.06. The lowest BCUT2D eigenvalue weighted by Gasteiger charge is -2.18. The Morgan fingerprint density at radius 3 is 2.50 bits per heavy atom. The number of hydrogen-bond donors (Lipinski definition) is 3. The van der Waals surface area contributed by atoms with Crippen molar-refractivity contribution < 1.29 is 14.7 Å². The Balaban J connectivity index is 2.44. The van der Waals surface area contributed by atoms with Gasteiger partial charge in [0.2, 0.25) is 5.91 Å². The standard InChI is InChI=1S/C11H18N2O3/c1-6(7(2)12)10(14)13-9-4-3-8(5-9)11(15)16/h3-4,6-9H,5,12H2,1-2H3,(H,13,14)(H,15,16). The SMILES string of the molecule is CC(N)C(C)C(=O)NC1C=CC(C(=O)O)C1. The first kappa shape index (κ1) is 12.7. The summed E-state index contributed by atoms with van der Waals surface area (Å²) in [7, 11) is 0. The quantitative estimate of drug-likeness (QED) is 0.593. The lowest BCUT2D eigenvalue weighted by atomic mass is 10.0. The largest absolute Gasteiger partial charge is 0.481 e. The van der Waals surface area contributed by atoms with E-state index in [2.05, 4.69) is 5.32 Å². The van der Waals surface area contributed by atoms with Crippen LogP contribution < -0.4 is 11.1 Å². The fourth-order valence-corrected chi connectivity index (χ4v) is 1.54. The summed E-state index contributed by atoms with van der Waals surface area (Å²) in [5.41, 5.74) is 5.61. The molecule has 0 fully saturated rings. The number of nitrogens with one attached hydrogen (secondary N) is 1. The molecule has 0 heterocycles. The zero-order valence-electron chi connectivity index (χ0n) is 9.51. The lowest BCUT2D eigenvalue weighted by Crippen LogP contribution is -2.42. The Kier molecular flexibility index (Phi) is 4.06. The van der Waals surface area contributed by atoms with E-state index in [-0.39, 0.29) is 23.9 Å². The molecule has 0 bridgehead atoms. The van der Waals surface area contributed by atoms with Gasteiger partial charge in [0.1, 0.15) is 0 Å². The highest BCUT2D eigenvalue weighted by Gasteiger charge is 2.27. The molecule has 5 nitrogen and oxygen atoms in total. The highest BCUT2D eigenvalue weighted by molar-refractivity contribution is 5.80. The van der Waals surface area contributed by atoms with E-state index in [1.165, 1.54) is 0 Å². The van der Waals surface area contributed by atoms with E-state index in [1.807, 2.05) is 0 Å². The van der Waals surface area contributed by atoms with Crippen LogP contribution in [-0.4, -0.2) is 29.1 Å². The van der Waals surface area contributed by atoms with Gasteiger partial charge < -0.3 is 16.2 Å². The second-order valence-corrected chi connectivity index (χ2v) is 4.33. The van der Waals surface area contributed by atoms with Crippen molar-refractivity contribution in [2.45, 2.75) is 32.4 Å². The van der Waals surface area contributed by atoms with Gasteiger partial charge in [0.05, 0.1) is 5.92 Å². The van der Waals surface area contributed by atoms with Crippen molar-refractivity contribution >= 4 is 11.9 Å². The topological polar surface area (TPSA) is 92.4 Å². The minimum Gasteiger partial charge on any atom is -0.481 e. The van der Waals surface area contributed by atoms with E-state index >= 15 is 0 Å². The van der Waals surface area contributed by atoms with Gasteiger partial charge in [-0.2, -0.15) is 0 Å². The average Bonchev–Trinajstić information content (AvgIpc) is 2.64. The monoisotopic (exact) mass is 226 g/mol. The number of amides is 1. The Labute approximate surface area is 94.7 Å². The molecule has 0 radical (unpaired) electrons. The van der Waals surface area contributed by atoms with Crippen LogP contribution >= 0.6 is 0 Å². The fourth-order valence-electron chi connectivity index (χ4n) is 1.54. The zero-order chi connectivity index (χ0) is 12.3. The van der Waals surface area contributed by atoms with Crippen LogP contribution in [-0.2, 0) is 9.59 Å². The molecule has 0 saturated heterocycles. The molecule has 1 aliphatic rings. The van der Waals surface area contributed by atoms with Crippen LogP contribution in [0.2, 0.25) is 0 Å². The second kappa shape index (κ2) is 5.12. The van der Waals surface area contributed by atoms with E-state index in [1.54, 1.807) is 26.0 Å². The predicted octanol–water partition coefficient (Wildman–Crippen LogP) is 0.115. The van der Waals surface area contributed by atoms with Crippen molar-refractivity contribution in [3.8, 4) is 0 Å². The molecule has 0 aromatic rings. The summed E-state index contributed by atoms with van der Waals surface area (Å²) in [5, 5.41) is 11.6. The van der Waals surface area contributed by atoms with Crippen LogP contribution in [0.4, 0.5) is 0 Å². The molecule has 4 unspecified atom stereocenters. The lowest BCUT2D eigenvalue weighted by molar-refractivity contribution is -0.140. The molecule has 16 heavy (non-hydrogen) atoms. The third-order valence-corrected chi connectivity index (χ3v) is 2.93. The smallest absolute Gasteiger partial charge is 0.310 e. The molecular formula is C11H18N2O3. The van der Waals surface area contributed by atoms with Gasteiger partial charge >= 0.3 is 5.97 Å². The first-order valence-electron chi connectivity index (χ1n) is 5.39. The van der Waals surface area contributed by atoms with Crippen molar-refractivity contribution in [3.05, 3.63) is 12.2 Å². The zero-order valence-corrected chi connectivity index (χ0v) is 9.51. The summed E-state index contributed by atoms with van der Waals surface area (Å²) < 4.78 is 0. The normalized spacial score (nSPS) is 27.4. The third-order valence-electron chi connectivity index (χ3n) is 2.93. The first-order valence-corrected chi connectivity index (χ1v) is 5.39. The molecule has 0 saturated carbocycles. The van der Waals surface area contributed by atoms with Gasteiger partial charge in [0, 0.05) is 18.0 Å². The predicted molar refractivity (Wildman–Crippen MR) is 59.6 cm³/mol. The second-order valence-electron chi connectivity index (χ2n) is 4.33. The molecule has 1 aliphatic carbocycles. The molecule has 1 amide bonds. The maximum absolute atomic E-state index is 11.6. The molecule has 4 atom stereocenters. The number of hydrogen-bond acceptors (Lipinski definition) is 3. The van der Waals surface area contributed by atoms with Crippen molar-refractivity contribution in [1.82, 2.24) is 5.32 Å². The molecule has 5 heteroatoms.